The molecule has 112 valence electrons. The lowest BCUT2D eigenvalue weighted by Crippen LogP contribution is -2.47. The van der Waals surface area contributed by atoms with Crippen LogP contribution in [0.2, 0.25) is 0 Å². The minimum atomic E-state index is -0.996. The Kier molecular flexibility index (Phi) is 4.80. The number of hydrogen-bond donors (Lipinski definition) is 1. The zero-order valence-corrected chi connectivity index (χ0v) is 13.2. The molecule has 6 heteroatoms. The molecule has 2 aromatic rings. The molecule has 1 aromatic carbocycles. The van der Waals surface area contributed by atoms with Crippen LogP contribution in [0.4, 0.5) is 0 Å². The van der Waals surface area contributed by atoms with Gasteiger partial charge in [0.05, 0.1) is 12.6 Å². The summed E-state index contributed by atoms with van der Waals surface area (Å²) in [7, 11) is 1.35. The van der Waals surface area contributed by atoms with Crippen molar-refractivity contribution in [2.45, 2.75) is 36.1 Å². The van der Waals surface area contributed by atoms with Gasteiger partial charge in [-0.3, -0.25) is 4.79 Å². The van der Waals surface area contributed by atoms with Crippen molar-refractivity contribution in [2.24, 2.45) is 5.73 Å². The fourth-order valence-corrected chi connectivity index (χ4v) is 3.44. The number of carbonyl (C=O) groups is 1. The standard InChI is InChI=1S/C15H19N3O2S/c1-10(8-15(2,16)14(19)20-3)21-13-11-6-4-5-7-12(11)17-9-18-13/h4-7,9-10H,8,16H2,1-3H3. The van der Waals surface area contributed by atoms with E-state index in [4.69, 9.17) is 10.5 Å². The smallest absolute Gasteiger partial charge is 0.325 e. The van der Waals surface area contributed by atoms with Gasteiger partial charge in [-0.15, -0.1) is 11.8 Å². The third kappa shape index (κ3) is 3.71. The van der Waals surface area contributed by atoms with Gasteiger partial charge in [0.15, 0.2) is 0 Å². The van der Waals surface area contributed by atoms with E-state index in [0.29, 0.717) is 6.42 Å². The highest BCUT2D eigenvalue weighted by Gasteiger charge is 2.31. The second-order valence-corrected chi connectivity index (χ2v) is 6.66. The van der Waals surface area contributed by atoms with E-state index in [1.807, 2.05) is 31.2 Å². The summed E-state index contributed by atoms with van der Waals surface area (Å²) in [6.07, 6.45) is 2.06. The Balaban J connectivity index is 2.15. The molecule has 2 rings (SSSR count). The highest BCUT2D eigenvalue weighted by molar-refractivity contribution is 8.00. The van der Waals surface area contributed by atoms with E-state index in [1.54, 1.807) is 25.0 Å². The van der Waals surface area contributed by atoms with Crippen molar-refractivity contribution in [1.82, 2.24) is 9.97 Å². The van der Waals surface area contributed by atoms with Crippen molar-refractivity contribution in [1.29, 1.82) is 0 Å². The molecule has 0 aliphatic heterocycles. The molecule has 0 aliphatic rings. The second-order valence-electron chi connectivity index (χ2n) is 5.24. The van der Waals surface area contributed by atoms with E-state index in [-0.39, 0.29) is 5.25 Å². The fraction of sp³-hybridized carbons (Fsp3) is 0.400. The first-order chi connectivity index (χ1) is 9.94. The van der Waals surface area contributed by atoms with Gasteiger partial charge >= 0.3 is 5.97 Å². The number of ether oxygens (including phenoxy) is 1. The molecule has 21 heavy (non-hydrogen) atoms. The molecule has 0 aliphatic carbocycles. The maximum absolute atomic E-state index is 11.7. The summed E-state index contributed by atoms with van der Waals surface area (Å²) in [6, 6.07) is 7.85. The molecule has 0 saturated carbocycles. The van der Waals surface area contributed by atoms with Crippen LogP contribution in [0.25, 0.3) is 10.9 Å². The molecule has 2 atom stereocenters. The molecule has 1 heterocycles. The number of esters is 1. The predicted molar refractivity (Wildman–Crippen MR) is 84.1 cm³/mol. The van der Waals surface area contributed by atoms with Crippen LogP contribution in [0.1, 0.15) is 20.3 Å². The molecule has 0 bridgehead atoms. The van der Waals surface area contributed by atoms with E-state index < -0.39 is 11.5 Å². The van der Waals surface area contributed by atoms with Crippen LogP contribution in [-0.4, -0.2) is 33.8 Å². The second kappa shape index (κ2) is 6.41. The van der Waals surface area contributed by atoms with Gasteiger partial charge in [0.1, 0.15) is 16.9 Å². The lowest BCUT2D eigenvalue weighted by Gasteiger charge is -2.24. The summed E-state index contributed by atoms with van der Waals surface area (Å²) in [5, 5.41) is 2.03. The molecule has 5 nitrogen and oxygen atoms in total. The Bertz CT molecular complexity index is 640. The number of nitrogens with zero attached hydrogens (tertiary/aromatic N) is 2. The van der Waals surface area contributed by atoms with Crippen LogP contribution in [-0.2, 0) is 9.53 Å². The number of aromatic nitrogens is 2. The van der Waals surface area contributed by atoms with Crippen LogP contribution >= 0.6 is 11.8 Å². The van der Waals surface area contributed by atoms with E-state index >= 15 is 0 Å². The number of methoxy groups -OCH3 is 1. The number of carbonyl (C=O) groups excluding carboxylic acids is 1. The first-order valence-electron chi connectivity index (χ1n) is 6.68. The van der Waals surface area contributed by atoms with E-state index in [0.717, 1.165) is 15.9 Å². The van der Waals surface area contributed by atoms with Crippen molar-refractivity contribution >= 4 is 28.6 Å². The molecule has 0 radical (unpaired) electrons. The highest BCUT2D eigenvalue weighted by atomic mass is 32.2. The minimum absolute atomic E-state index is 0.123. The average Bonchev–Trinajstić information content (AvgIpc) is 2.46. The van der Waals surface area contributed by atoms with E-state index in [2.05, 4.69) is 9.97 Å². The lowest BCUT2D eigenvalue weighted by molar-refractivity contribution is -0.146. The maximum Gasteiger partial charge on any atom is 0.325 e. The summed E-state index contributed by atoms with van der Waals surface area (Å²) in [5.41, 5.74) is 5.93. The van der Waals surface area contributed by atoms with Gasteiger partial charge in [0, 0.05) is 10.6 Å². The summed E-state index contributed by atoms with van der Waals surface area (Å²) in [6.45, 7) is 3.71. The molecular weight excluding hydrogens is 286 g/mol. The number of para-hydroxylation sites is 1. The summed E-state index contributed by atoms with van der Waals surface area (Å²) >= 11 is 1.59. The van der Waals surface area contributed by atoms with Gasteiger partial charge in [-0.05, 0) is 19.4 Å². The summed E-state index contributed by atoms with van der Waals surface area (Å²) in [4.78, 5) is 20.2. The summed E-state index contributed by atoms with van der Waals surface area (Å²) in [5.74, 6) is -0.400. The third-order valence-corrected chi connectivity index (χ3v) is 4.30. The van der Waals surface area contributed by atoms with Crippen LogP contribution in [0.5, 0.6) is 0 Å². The van der Waals surface area contributed by atoms with Crippen molar-refractivity contribution in [3.8, 4) is 0 Å². The number of benzene rings is 1. The number of rotatable bonds is 5. The molecule has 0 fully saturated rings. The van der Waals surface area contributed by atoms with Gasteiger partial charge in [-0.25, -0.2) is 9.97 Å². The topological polar surface area (TPSA) is 78.1 Å². The zero-order valence-electron chi connectivity index (χ0n) is 12.4. The minimum Gasteiger partial charge on any atom is -0.468 e. The number of nitrogens with two attached hydrogens (primary N) is 1. The Morgan fingerprint density at radius 2 is 2.14 bits per heavy atom. The van der Waals surface area contributed by atoms with Gasteiger partial charge < -0.3 is 10.5 Å². The monoisotopic (exact) mass is 305 g/mol. The first-order valence-corrected chi connectivity index (χ1v) is 7.55. The lowest BCUT2D eigenvalue weighted by atomic mass is 9.98. The van der Waals surface area contributed by atoms with Gasteiger partial charge in [0.25, 0.3) is 0 Å². The third-order valence-electron chi connectivity index (χ3n) is 3.18. The Morgan fingerprint density at radius 3 is 2.86 bits per heavy atom. The zero-order chi connectivity index (χ0) is 15.5. The van der Waals surface area contributed by atoms with Crippen molar-refractivity contribution in [3.63, 3.8) is 0 Å². The highest BCUT2D eigenvalue weighted by Crippen LogP contribution is 2.31. The van der Waals surface area contributed by atoms with Crippen LogP contribution < -0.4 is 5.73 Å². The normalized spacial score (nSPS) is 15.4. The molecule has 0 spiro atoms. The molecule has 0 amide bonds. The van der Waals surface area contributed by atoms with Crippen LogP contribution in [0.3, 0.4) is 0 Å². The van der Waals surface area contributed by atoms with Crippen LogP contribution in [0.15, 0.2) is 35.6 Å². The predicted octanol–water partition coefficient (Wildman–Crippen LogP) is 2.39. The SMILES string of the molecule is COC(=O)C(C)(N)CC(C)Sc1ncnc2ccccc12. The van der Waals surface area contributed by atoms with Crippen molar-refractivity contribution in [2.75, 3.05) is 7.11 Å². The summed E-state index contributed by atoms with van der Waals surface area (Å²) < 4.78 is 4.74. The van der Waals surface area contributed by atoms with Gasteiger partial charge in [-0.2, -0.15) is 0 Å². The average molecular weight is 305 g/mol. The van der Waals surface area contributed by atoms with Crippen LogP contribution in [0, 0.1) is 0 Å². The van der Waals surface area contributed by atoms with Gasteiger partial charge in [-0.1, -0.05) is 25.1 Å². The van der Waals surface area contributed by atoms with Gasteiger partial charge in [0.2, 0.25) is 0 Å². The van der Waals surface area contributed by atoms with E-state index in [1.165, 1.54) is 7.11 Å². The molecular formula is C15H19N3O2S. The van der Waals surface area contributed by atoms with Crippen molar-refractivity contribution < 1.29 is 9.53 Å². The molecule has 1 aromatic heterocycles. The largest absolute Gasteiger partial charge is 0.468 e. The quantitative estimate of drug-likeness (QED) is 0.519. The van der Waals surface area contributed by atoms with E-state index in [9.17, 15) is 4.79 Å². The molecule has 2 unspecified atom stereocenters. The fourth-order valence-electron chi connectivity index (χ4n) is 2.22. The Labute approximate surface area is 128 Å². The number of hydrogen-bond acceptors (Lipinski definition) is 6. The molecule has 2 N–H and O–H groups in total. The Hall–Kier alpha value is -1.66. The molecule has 0 saturated heterocycles. The maximum atomic E-state index is 11.7. The Morgan fingerprint density at radius 1 is 1.43 bits per heavy atom. The first kappa shape index (κ1) is 15.7. The number of fused-ring (bicyclic) bond motifs is 1. The van der Waals surface area contributed by atoms with Crippen molar-refractivity contribution in [3.05, 3.63) is 30.6 Å². The number of thioether (sulfide) groups is 1.